The Balaban J connectivity index is 1.92. The molecule has 2 rings (SSSR count). The van der Waals surface area contributed by atoms with Gasteiger partial charge in [0.25, 0.3) is 5.91 Å². The van der Waals surface area contributed by atoms with Gasteiger partial charge in [0.05, 0.1) is 0 Å². The summed E-state index contributed by atoms with van der Waals surface area (Å²) in [6.07, 6.45) is 1.49. The number of benzene rings is 1. The van der Waals surface area contributed by atoms with Crippen molar-refractivity contribution in [2.24, 2.45) is 0 Å². The first-order valence-corrected chi connectivity index (χ1v) is 7.38. The van der Waals surface area contributed by atoms with Crippen LogP contribution >= 0.6 is 0 Å². The molecule has 0 atom stereocenters. The van der Waals surface area contributed by atoms with E-state index in [9.17, 15) is 9.59 Å². The van der Waals surface area contributed by atoms with Crippen LogP contribution in [0.25, 0.3) is 0 Å². The zero-order valence-corrected chi connectivity index (χ0v) is 13.3. The van der Waals surface area contributed by atoms with Crippen LogP contribution in [0, 0.1) is 0 Å². The van der Waals surface area contributed by atoms with Crippen LogP contribution in [0.1, 0.15) is 32.8 Å². The van der Waals surface area contributed by atoms with Gasteiger partial charge in [-0.05, 0) is 26.3 Å². The lowest BCUT2D eigenvalue weighted by Gasteiger charge is -2.28. The van der Waals surface area contributed by atoms with E-state index in [1.165, 1.54) is 6.08 Å². The third kappa shape index (κ3) is 4.62. The summed E-state index contributed by atoms with van der Waals surface area (Å²) in [4.78, 5) is 25.1. The summed E-state index contributed by atoms with van der Waals surface area (Å²) in [7, 11) is 0. The van der Waals surface area contributed by atoms with Crippen LogP contribution in [0.2, 0.25) is 0 Å². The summed E-state index contributed by atoms with van der Waals surface area (Å²) in [5, 5.41) is 3.24. The highest BCUT2D eigenvalue weighted by atomic mass is 16.6. The van der Waals surface area contributed by atoms with E-state index < -0.39 is 11.7 Å². The van der Waals surface area contributed by atoms with Gasteiger partial charge in [0.2, 0.25) is 0 Å². The maximum absolute atomic E-state index is 12.1. The van der Waals surface area contributed by atoms with Crippen molar-refractivity contribution in [3.63, 3.8) is 0 Å². The van der Waals surface area contributed by atoms with Gasteiger partial charge >= 0.3 is 6.09 Å². The van der Waals surface area contributed by atoms with E-state index in [4.69, 9.17) is 4.74 Å². The first-order valence-electron chi connectivity index (χ1n) is 7.38. The fraction of sp³-hybridized carbons (Fsp3) is 0.412. The molecule has 22 heavy (non-hydrogen) atoms. The van der Waals surface area contributed by atoms with Crippen LogP contribution in [0.4, 0.5) is 4.79 Å². The van der Waals surface area contributed by atoms with Gasteiger partial charge in [-0.2, -0.15) is 0 Å². The third-order valence-corrected chi connectivity index (χ3v) is 3.14. The second-order valence-electron chi connectivity index (χ2n) is 6.23. The second kappa shape index (κ2) is 6.64. The molecule has 1 aromatic carbocycles. The standard InChI is InChI=1S/C17H22N2O3/c1-17(2,3)22-16(21)19-10-9-14(11-15(19)20)18-12-13-7-5-4-6-8-13/h4-8,11,18H,9-10,12H2,1-3H3. The summed E-state index contributed by atoms with van der Waals surface area (Å²) < 4.78 is 5.23. The Morgan fingerprint density at radius 2 is 1.95 bits per heavy atom. The molecule has 1 N–H and O–H groups in total. The fourth-order valence-corrected chi connectivity index (χ4v) is 2.09. The highest BCUT2D eigenvalue weighted by molar-refractivity contribution is 5.99. The lowest BCUT2D eigenvalue weighted by molar-refractivity contribution is -0.125. The Hall–Kier alpha value is -2.30. The molecule has 0 unspecified atom stereocenters. The van der Waals surface area contributed by atoms with Gasteiger partial charge in [-0.15, -0.1) is 0 Å². The summed E-state index contributed by atoms with van der Waals surface area (Å²) >= 11 is 0. The van der Waals surface area contributed by atoms with E-state index in [0.717, 1.165) is 16.2 Å². The van der Waals surface area contributed by atoms with E-state index >= 15 is 0 Å². The summed E-state index contributed by atoms with van der Waals surface area (Å²) in [6.45, 7) is 6.33. The van der Waals surface area contributed by atoms with Crippen molar-refractivity contribution in [1.29, 1.82) is 0 Å². The molecule has 5 heteroatoms. The van der Waals surface area contributed by atoms with Crippen LogP contribution in [0.15, 0.2) is 42.1 Å². The van der Waals surface area contributed by atoms with Gasteiger partial charge in [-0.1, -0.05) is 30.3 Å². The Morgan fingerprint density at radius 1 is 1.27 bits per heavy atom. The predicted octanol–water partition coefficient (Wildman–Crippen LogP) is 2.83. The summed E-state index contributed by atoms with van der Waals surface area (Å²) in [5.41, 5.74) is 1.38. The van der Waals surface area contributed by atoms with Crippen molar-refractivity contribution in [3.05, 3.63) is 47.7 Å². The quantitative estimate of drug-likeness (QED) is 0.932. The SMILES string of the molecule is CC(C)(C)OC(=O)N1CCC(NCc2ccccc2)=CC1=O. The zero-order valence-electron chi connectivity index (χ0n) is 13.3. The number of nitrogens with zero attached hydrogens (tertiary/aromatic N) is 1. The molecule has 2 amide bonds. The largest absolute Gasteiger partial charge is 0.443 e. The number of imide groups is 1. The first kappa shape index (κ1) is 16.1. The molecule has 1 aromatic rings. The molecule has 1 aliphatic heterocycles. The van der Waals surface area contributed by atoms with E-state index in [-0.39, 0.29) is 5.91 Å². The van der Waals surface area contributed by atoms with Crippen molar-refractivity contribution in [1.82, 2.24) is 10.2 Å². The first-order chi connectivity index (χ1) is 10.3. The van der Waals surface area contributed by atoms with Gasteiger partial charge in [-0.3, -0.25) is 4.79 Å². The number of rotatable bonds is 3. The van der Waals surface area contributed by atoms with Crippen LogP contribution < -0.4 is 5.32 Å². The third-order valence-electron chi connectivity index (χ3n) is 3.14. The number of hydrogen-bond acceptors (Lipinski definition) is 4. The summed E-state index contributed by atoms with van der Waals surface area (Å²) in [6, 6.07) is 9.95. The number of carbonyl (C=O) groups is 2. The lowest BCUT2D eigenvalue weighted by Crippen LogP contribution is -2.43. The fourth-order valence-electron chi connectivity index (χ4n) is 2.09. The molecule has 5 nitrogen and oxygen atoms in total. The molecule has 0 bridgehead atoms. The Morgan fingerprint density at radius 3 is 2.55 bits per heavy atom. The minimum absolute atomic E-state index is 0.335. The maximum atomic E-state index is 12.1. The molecule has 0 aliphatic carbocycles. The highest BCUT2D eigenvalue weighted by Crippen LogP contribution is 2.15. The number of amides is 2. The van der Waals surface area contributed by atoms with Crippen molar-refractivity contribution < 1.29 is 14.3 Å². The van der Waals surface area contributed by atoms with Crippen LogP contribution in [-0.2, 0) is 16.1 Å². The molecule has 0 fully saturated rings. The van der Waals surface area contributed by atoms with Gasteiger partial charge in [0.1, 0.15) is 5.60 Å². The summed E-state index contributed by atoms with van der Waals surface area (Å²) in [5.74, 6) is -0.337. The van der Waals surface area contributed by atoms with Crippen molar-refractivity contribution in [3.8, 4) is 0 Å². The highest BCUT2D eigenvalue weighted by Gasteiger charge is 2.28. The normalized spacial score (nSPS) is 15.3. The van der Waals surface area contributed by atoms with Crippen molar-refractivity contribution in [2.75, 3.05) is 6.54 Å². The second-order valence-corrected chi connectivity index (χ2v) is 6.23. The Kier molecular flexibility index (Phi) is 4.85. The van der Waals surface area contributed by atoms with Crippen LogP contribution in [0.3, 0.4) is 0 Å². The molecule has 0 radical (unpaired) electrons. The average Bonchev–Trinajstić information content (AvgIpc) is 2.44. The van der Waals surface area contributed by atoms with Crippen LogP contribution in [0.5, 0.6) is 0 Å². The van der Waals surface area contributed by atoms with Gasteiger partial charge in [-0.25, -0.2) is 9.69 Å². The Labute approximate surface area is 130 Å². The maximum Gasteiger partial charge on any atom is 0.417 e. The van der Waals surface area contributed by atoms with Gasteiger partial charge < -0.3 is 10.1 Å². The molecule has 0 saturated carbocycles. The van der Waals surface area contributed by atoms with E-state index in [1.54, 1.807) is 20.8 Å². The molecule has 0 saturated heterocycles. The molecule has 0 aromatic heterocycles. The minimum atomic E-state index is -0.604. The zero-order chi connectivity index (χ0) is 16.2. The molecular formula is C17H22N2O3. The molecule has 0 spiro atoms. The number of hydrogen-bond donors (Lipinski definition) is 1. The molecular weight excluding hydrogens is 280 g/mol. The number of carbonyl (C=O) groups excluding carboxylic acids is 2. The van der Waals surface area contributed by atoms with Crippen LogP contribution in [-0.4, -0.2) is 29.0 Å². The van der Waals surface area contributed by atoms with E-state index in [2.05, 4.69) is 5.32 Å². The Bertz CT molecular complexity index is 573. The van der Waals surface area contributed by atoms with E-state index in [0.29, 0.717) is 19.5 Å². The van der Waals surface area contributed by atoms with E-state index in [1.807, 2.05) is 30.3 Å². The van der Waals surface area contributed by atoms with Gasteiger partial charge in [0.15, 0.2) is 0 Å². The topological polar surface area (TPSA) is 58.6 Å². The molecule has 1 aliphatic rings. The minimum Gasteiger partial charge on any atom is -0.443 e. The number of nitrogens with one attached hydrogen (secondary N) is 1. The molecule has 1 heterocycles. The van der Waals surface area contributed by atoms with Gasteiger partial charge in [0, 0.05) is 31.3 Å². The van der Waals surface area contributed by atoms with Crippen molar-refractivity contribution in [2.45, 2.75) is 39.3 Å². The average molecular weight is 302 g/mol. The monoisotopic (exact) mass is 302 g/mol. The van der Waals surface area contributed by atoms with Crippen molar-refractivity contribution >= 4 is 12.0 Å². The number of ether oxygens (including phenoxy) is 1. The molecule has 118 valence electrons. The lowest BCUT2D eigenvalue weighted by atomic mass is 10.1. The smallest absolute Gasteiger partial charge is 0.417 e. The predicted molar refractivity (Wildman–Crippen MR) is 83.9 cm³/mol.